The maximum absolute atomic E-state index is 12.3. The van der Waals surface area contributed by atoms with Crippen LogP contribution < -0.4 is 5.32 Å². The van der Waals surface area contributed by atoms with Crippen molar-refractivity contribution in [1.82, 2.24) is 20.4 Å². The van der Waals surface area contributed by atoms with Crippen molar-refractivity contribution in [2.24, 2.45) is 0 Å². The van der Waals surface area contributed by atoms with Crippen LogP contribution in [0.25, 0.3) is 6.08 Å². The van der Waals surface area contributed by atoms with Crippen molar-refractivity contribution < 1.29 is 9.59 Å². The molecule has 0 saturated carbocycles. The van der Waals surface area contributed by atoms with Gasteiger partial charge in [0, 0.05) is 19.3 Å². The summed E-state index contributed by atoms with van der Waals surface area (Å²) in [4.78, 5) is 25.8. The van der Waals surface area contributed by atoms with E-state index in [1.807, 2.05) is 30.3 Å². The average molecular weight is 310 g/mol. The van der Waals surface area contributed by atoms with Crippen LogP contribution in [-0.4, -0.2) is 26.9 Å². The molecule has 1 aliphatic rings. The van der Waals surface area contributed by atoms with Crippen molar-refractivity contribution in [3.63, 3.8) is 0 Å². The minimum absolute atomic E-state index is 0.0814. The van der Waals surface area contributed by atoms with E-state index in [0.717, 1.165) is 16.8 Å². The summed E-state index contributed by atoms with van der Waals surface area (Å²) in [6.07, 6.45) is 5.50. The normalized spacial score (nSPS) is 16.0. The Kier molecular flexibility index (Phi) is 4.23. The average Bonchev–Trinajstić information content (AvgIpc) is 3.06. The first kappa shape index (κ1) is 15.0. The van der Waals surface area contributed by atoms with E-state index in [4.69, 9.17) is 0 Å². The Balaban J connectivity index is 1.74. The number of aromatic nitrogens is 2. The van der Waals surface area contributed by atoms with Crippen molar-refractivity contribution >= 4 is 17.9 Å². The van der Waals surface area contributed by atoms with Gasteiger partial charge in [-0.25, -0.2) is 0 Å². The van der Waals surface area contributed by atoms with Gasteiger partial charge in [0.2, 0.25) is 11.8 Å². The van der Waals surface area contributed by atoms with E-state index in [1.54, 1.807) is 23.4 Å². The van der Waals surface area contributed by atoms with Crippen LogP contribution in [0.2, 0.25) is 0 Å². The van der Waals surface area contributed by atoms with Gasteiger partial charge < -0.3 is 10.2 Å². The van der Waals surface area contributed by atoms with Crippen molar-refractivity contribution in [1.29, 1.82) is 0 Å². The van der Waals surface area contributed by atoms with Crippen LogP contribution in [0, 0.1) is 0 Å². The molecule has 2 amide bonds. The lowest BCUT2D eigenvalue weighted by Gasteiger charge is -2.32. The lowest BCUT2D eigenvalue weighted by atomic mass is 9.93. The molecule has 118 valence electrons. The number of rotatable bonds is 4. The van der Waals surface area contributed by atoms with Gasteiger partial charge in [0.1, 0.15) is 0 Å². The molecule has 1 aromatic heterocycles. The number of aromatic amines is 1. The fourth-order valence-electron chi connectivity index (χ4n) is 2.74. The first-order valence-corrected chi connectivity index (χ1v) is 7.46. The van der Waals surface area contributed by atoms with Crippen LogP contribution >= 0.6 is 0 Å². The number of H-pyrrole nitrogens is 1. The van der Waals surface area contributed by atoms with Gasteiger partial charge in [0.25, 0.3) is 0 Å². The summed E-state index contributed by atoms with van der Waals surface area (Å²) in [6.45, 7) is 1.90. The molecule has 6 nitrogen and oxygen atoms in total. The smallest absolute Gasteiger partial charge is 0.223 e. The molecule has 2 aromatic rings. The fraction of sp³-hybridized carbons (Fsp3) is 0.235. The summed E-state index contributed by atoms with van der Waals surface area (Å²) in [5.41, 5.74) is 2.86. The Labute approximate surface area is 134 Å². The molecule has 6 heteroatoms. The molecule has 3 rings (SSSR count). The Bertz CT molecular complexity index is 737. The van der Waals surface area contributed by atoms with E-state index in [-0.39, 0.29) is 24.3 Å². The number of benzene rings is 1. The van der Waals surface area contributed by atoms with Gasteiger partial charge in [-0.3, -0.25) is 14.7 Å². The molecule has 0 bridgehead atoms. The standard InChI is InChI=1S/C17H18N4O2/c1-12(22)21-9-7-13-4-2-3-5-15(13)16(21)10-17(23)18-11-14-6-8-19-20-14/h2-9,16H,10-11H2,1H3,(H,18,23)(H,19,20)/t16-/m0/s1. The lowest BCUT2D eigenvalue weighted by Crippen LogP contribution is -2.35. The Morgan fingerprint density at radius 1 is 1.30 bits per heavy atom. The third-order valence-corrected chi connectivity index (χ3v) is 3.88. The molecule has 2 heterocycles. The summed E-state index contributed by atoms with van der Waals surface area (Å²) in [7, 11) is 0. The van der Waals surface area contributed by atoms with Crippen LogP contribution in [0.4, 0.5) is 0 Å². The second-order valence-electron chi connectivity index (χ2n) is 5.45. The molecule has 23 heavy (non-hydrogen) atoms. The topological polar surface area (TPSA) is 78.1 Å². The zero-order chi connectivity index (χ0) is 16.2. The summed E-state index contributed by atoms with van der Waals surface area (Å²) >= 11 is 0. The molecule has 1 aromatic carbocycles. The van der Waals surface area contributed by atoms with Crippen molar-refractivity contribution in [2.75, 3.05) is 0 Å². The highest BCUT2D eigenvalue weighted by molar-refractivity contribution is 5.81. The second-order valence-corrected chi connectivity index (χ2v) is 5.45. The minimum Gasteiger partial charge on any atom is -0.350 e. The van der Waals surface area contributed by atoms with Crippen molar-refractivity contribution in [2.45, 2.75) is 25.9 Å². The van der Waals surface area contributed by atoms with Crippen LogP contribution in [0.5, 0.6) is 0 Å². The number of nitrogens with one attached hydrogen (secondary N) is 2. The van der Waals surface area contributed by atoms with Gasteiger partial charge in [-0.1, -0.05) is 24.3 Å². The molecule has 0 spiro atoms. The molecular weight excluding hydrogens is 292 g/mol. The third kappa shape index (κ3) is 3.31. The molecule has 0 saturated heterocycles. The summed E-state index contributed by atoms with van der Waals surface area (Å²) in [5.74, 6) is -0.192. The molecule has 0 radical (unpaired) electrons. The maximum Gasteiger partial charge on any atom is 0.223 e. The fourth-order valence-corrected chi connectivity index (χ4v) is 2.74. The van der Waals surface area contributed by atoms with Gasteiger partial charge in [0.15, 0.2) is 0 Å². The van der Waals surface area contributed by atoms with Crippen LogP contribution in [0.1, 0.15) is 36.2 Å². The van der Waals surface area contributed by atoms with Crippen LogP contribution in [0.15, 0.2) is 42.7 Å². The highest BCUT2D eigenvalue weighted by Gasteiger charge is 2.27. The van der Waals surface area contributed by atoms with E-state index in [0.29, 0.717) is 6.54 Å². The van der Waals surface area contributed by atoms with Crippen molar-refractivity contribution in [3.05, 3.63) is 59.5 Å². The molecule has 0 fully saturated rings. The molecular formula is C17H18N4O2. The predicted molar refractivity (Wildman–Crippen MR) is 85.8 cm³/mol. The van der Waals surface area contributed by atoms with E-state index in [2.05, 4.69) is 15.5 Å². The lowest BCUT2D eigenvalue weighted by molar-refractivity contribution is -0.130. The Morgan fingerprint density at radius 3 is 2.87 bits per heavy atom. The first-order chi connectivity index (χ1) is 11.1. The van der Waals surface area contributed by atoms with Gasteiger partial charge in [-0.05, 0) is 23.3 Å². The summed E-state index contributed by atoms with van der Waals surface area (Å²) < 4.78 is 0. The van der Waals surface area contributed by atoms with E-state index >= 15 is 0 Å². The molecule has 0 unspecified atom stereocenters. The van der Waals surface area contributed by atoms with Gasteiger partial charge in [-0.15, -0.1) is 0 Å². The largest absolute Gasteiger partial charge is 0.350 e. The molecule has 2 N–H and O–H groups in total. The molecule has 1 aliphatic heterocycles. The SMILES string of the molecule is CC(=O)N1C=Cc2ccccc2[C@@H]1CC(=O)NCc1ccn[nH]1. The highest BCUT2D eigenvalue weighted by Crippen LogP contribution is 2.32. The van der Waals surface area contributed by atoms with Gasteiger partial charge in [0.05, 0.1) is 24.7 Å². The monoisotopic (exact) mass is 310 g/mol. The van der Waals surface area contributed by atoms with E-state index < -0.39 is 0 Å². The quantitative estimate of drug-likeness (QED) is 0.906. The van der Waals surface area contributed by atoms with E-state index in [9.17, 15) is 9.59 Å². The molecule has 0 aliphatic carbocycles. The molecule has 1 atom stereocenters. The van der Waals surface area contributed by atoms with Crippen LogP contribution in [0.3, 0.4) is 0 Å². The third-order valence-electron chi connectivity index (χ3n) is 3.88. The zero-order valence-electron chi connectivity index (χ0n) is 12.8. The van der Waals surface area contributed by atoms with Crippen molar-refractivity contribution in [3.8, 4) is 0 Å². The highest BCUT2D eigenvalue weighted by atomic mass is 16.2. The summed E-state index contributed by atoms with van der Waals surface area (Å²) in [5, 5.41) is 9.49. The summed E-state index contributed by atoms with van der Waals surface area (Å²) in [6, 6.07) is 9.34. The Morgan fingerprint density at radius 2 is 2.13 bits per heavy atom. The first-order valence-electron chi connectivity index (χ1n) is 7.46. The number of amides is 2. The predicted octanol–water partition coefficient (Wildman–Crippen LogP) is 1.99. The number of nitrogens with zero attached hydrogens (tertiary/aromatic N) is 2. The number of carbonyl (C=O) groups is 2. The number of fused-ring (bicyclic) bond motifs is 1. The number of carbonyl (C=O) groups excluding carboxylic acids is 2. The number of hydrogen-bond donors (Lipinski definition) is 2. The zero-order valence-corrected chi connectivity index (χ0v) is 12.8. The Hall–Kier alpha value is -2.89. The second kappa shape index (κ2) is 6.48. The number of hydrogen-bond acceptors (Lipinski definition) is 3. The van der Waals surface area contributed by atoms with Gasteiger partial charge in [-0.2, -0.15) is 5.10 Å². The van der Waals surface area contributed by atoms with E-state index in [1.165, 1.54) is 6.92 Å². The maximum atomic E-state index is 12.3. The van der Waals surface area contributed by atoms with Gasteiger partial charge >= 0.3 is 0 Å². The minimum atomic E-state index is -0.282. The van der Waals surface area contributed by atoms with Crippen LogP contribution in [-0.2, 0) is 16.1 Å².